The van der Waals surface area contributed by atoms with Gasteiger partial charge in [-0.25, -0.2) is 0 Å². The van der Waals surface area contributed by atoms with Crippen LogP contribution < -0.4 is 10.5 Å². The number of nitrogens with two attached hydrogens (primary N) is 1. The van der Waals surface area contributed by atoms with Crippen molar-refractivity contribution in [3.05, 3.63) is 54.1 Å². The molecule has 0 fully saturated rings. The van der Waals surface area contributed by atoms with Crippen LogP contribution in [0.1, 0.15) is 18.4 Å². The quantitative estimate of drug-likeness (QED) is 0.273. The monoisotopic (exact) mass is 362 g/mol. The van der Waals surface area contributed by atoms with Crippen LogP contribution in [0.3, 0.4) is 0 Å². The fraction of sp³-hybridized carbons (Fsp3) is 0.278. The minimum atomic E-state index is -3.41. The first-order chi connectivity index (χ1) is 11.9. The molecule has 2 aromatic carbocycles. The van der Waals surface area contributed by atoms with Crippen LogP contribution in [0.25, 0.3) is 11.1 Å². The summed E-state index contributed by atoms with van der Waals surface area (Å²) in [6.07, 6.45) is 1.40. The van der Waals surface area contributed by atoms with Gasteiger partial charge in [-0.05, 0) is 36.1 Å². The Morgan fingerprint density at radius 1 is 1.08 bits per heavy atom. The van der Waals surface area contributed by atoms with Gasteiger partial charge in [0.2, 0.25) is 0 Å². The molecule has 0 heterocycles. The number of rotatable bonds is 9. The Labute approximate surface area is 147 Å². The summed E-state index contributed by atoms with van der Waals surface area (Å²) in [5.41, 5.74) is 8.23. The van der Waals surface area contributed by atoms with Gasteiger partial charge in [0, 0.05) is 12.7 Å². The zero-order valence-electron chi connectivity index (χ0n) is 14.1. The largest absolute Gasteiger partial charge is 0.494 e. The molecule has 0 radical (unpaired) electrons. The molecule has 0 aliphatic carbocycles. The molecule has 1 unspecified atom stereocenters. The summed E-state index contributed by atoms with van der Waals surface area (Å²) in [6, 6.07) is 15.2. The summed E-state index contributed by atoms with van der Waals surface area (Å²) in [5.74, 6) is 0.807. The second kappa shape index (κ2) is 8.81. The molecule has 0 aliphatic heterocycles. The Balaban J connectivity index is 1.83. The second-order valence-electron chi connectivity index (χ2n) is 5.61. The Morgan fingerprint density at radius 2 is 1.64 bits per heavy atom. The van der Waals surface area contributed by atoms with E-state index in [9.17, 15) is 9.46 Å². The minimum absolute atomic E-state index is 0.0540. The molecule has 0 aliphatic rings. The SMILES string of the molecule is COP(=O)(O)CCCCOc1ccc(-c2ccc(C(=N)N)cc2)cc1. The second-order valence-corrected chi connectivity index (χ2v) is 7.70. The Bertz CT molecular complexity index is 745. The lowest BCUT2D eigenvalue weighted by Gasteiger charge is -2.10. The lowest BCUT2D eigenvalue weighted by atomic mass is 10.0. The van der Waals surface area contributed by atoms with E-state index >= 15 is 0 Å². The molecule has 0 bridgehead atoms. The zero-order chi connectivity index (χ0) is 18.3. The summed E-state index contributed by atoms with van der Waals surface area (Å²) in [6.45, 7) is 0.483. The van der Waals surface area contributed by atoms with Gasteiger partial charge in [-0.1, -0.05) is 36.4 Å². The van der Waals surface area contributed by atoms with Crippen LogP contribution in [0.2, 0.25) is 0 Å². The molecule has 7 heteroatoms. The van der Waals surface area contributed by atoms with Crippen LogP contribution in [0.5, 0.6) is 5.75 Å². The summed E-state index contributed by atoms with van der Waals surface area (Å²) >= 11 is 0. The molecule has 6 nitrogen and oxygen atoms in total. The lowest BCUT2D eigenvalue weighted by Crippen LogP contribution is -2.10. The van der Waals surface area contributed by atoms with Crippen LogP contribution in [0, 0.1) is 5.41 Å². The Kier molecular flexibility index (Phi) is 6.76. The van der Waals surface area contributed by atoms with Crippen LogP contribution in [-0.2, 0) is 9.09 Å². The van der Waals surface area contributed by atoms with Crippen LogP contribution in [-0.4, -0.2) is 30.6 Å². The van der Waals surface area contributed by atoms with E-state index in [2.05, 4.69) is 4.52 Å². The average molecular weight is 362 g/mol. The van der Waals surface area contributed by atoms with E-state index in [1.165, 1.54) is 7.11 Å². The van der Waals surface area contributed by atoms with Gasteiger partial charge in [-0.2, -0.15) is 0 Å². The van der Waals surface area contributed by atoms with Crippen LogP contribution >= 0.6 is 7.60 Å². The van der Waals surface area contributed by atoms with E-state index in [0.29, 0.717) is 25.0 Å². The topological polar surface area (TPSA) is 106 Å². The maximum atomic E-state index is 11.3. The molecule has 2 aromatic rings. The normalized spacial score (nSPS) is 13.2. The van der Waals surface area contributed by atoms with Crippen molar-refractivity contribution in [1.82, 2.24) is 0 Å². The van der Waals surface area contributed by atoms with Gasteiger partial charge >= 0.3 is 7.60 Å². The number of unbranched alkanes of at least 4 members (excludes halogenated alkanes) is 1. The minimum Gasteiger partial charge on any atom is -0.494 e. The van der Waals surface area contributed by atoms with Crippen molar-refractivity contribution in [2.24, 2.45) is 5.73 Å². The van der Waals surface area contributed by atoms with Crippen molar-refractivity contribution in [2.45, 2.75) is 12.8 Å². The highest BCUT2D eigenvalue weighted by molar-refractivity contribution is 7.52. The standard InChI is InChI=1S/C18H23N2O4P/c1-23-25(21,22)13-3-2-12-24-17-10-8-15(9-11-17)14-4-6-16(7-5-14)18(19)20/h4-11H,2-3,12-13H2,1H3,(H3,19,20)(H,21,22). The van der Waals surface area contributed by atoms with E-state index in [1.807, 2.05) is 48.5 Å². The average Bonchev–Trinajstić information content (AvgIpc) is 2.62. The highest BCUT2D eigenvalue weighted by Gasteiger charge is 2.15. The maximum Gasteiger partial charge on any atom is 0.327 e. The number of amidine groups is 1. The van der Waals surface area contributed by atoms with Crippen molar-refractivity contribution >= 4 is 13.4 Å². The van der Waals surface area contributed by atoms with E-state index in [4.69, 9.17) is 15.9 Å². The van der Waals surface area contributed by atoms with E-state index < -0.39 is 7.60 Å². The molecule has 2 rings (SSSR count). The van der Waals surface area contributed by atoms with Gasteiger partial charge in [0.25, 0.3) is 0 Å². The molecule has 134 valence electrons. The van der Waals surface area contributed by atoms with Crippen molar-refractivity contribution in [3.8, 4) is 16.9 Å². The molecular weight excluding hydrogens is 339 g/mol. The van der Waals surface area contributed by atoms with Gasteiger partial charge in [0.1, 0.15) is 11.6 Å². The van der Waals surface area contributed by atoms with E-state index in [1.54, 1.807) is 0 Å². The third-order valence-corrected chi connectivity index (χ3v) is 5.22. The third-order valence-electron chi connectivity index (χ3n) is 3.77. The smallest absolute Gasteiger partial charge is 0.327 e. The number of nitrogens with one attached hydrogen (secondary N) is 1. The first-order valence-electron chi connectivity index (χ1n) is 7.96. The number of benzene rings is 2. The van der Waals surface area contributed by atoms with Gasteiger partial charge in [0.15, 0.2) is 0 Å². The van der Waals surface area contributed by atoms with E-state index in [-0.39, 0.29) is 12.0 Å². The molecule has 0 aromatic heterocycles. The first-order valence-corrected chi connectivity index (χ1v) is 9.73. The Morgan fingerprint density at radius 3 is 2.16 bits per heavy atom. The van der Waals surface area contributed by atoms with Crippen LogP contribution in [0.15, 0.2) is 48.5 Å². The molecular formula is C18H23N2O4P. The number of hydrogen-bond donors (Lipinski definition) is 3. The van der Waals surface area contributed by atoms with Crippen molar-refractivity contribution < 1.29 is 18.7 Å². The fourth-order valence-electron chi connectivity index (χ4n) is 2.28. The van der Waals surface area contributed by atoms with Crippen molar-refractivity contribution in [1.29, 1.82) is 5.41 Å². The maximum absolute atomic E-state index is 11.3. The predicted molar refractivity (Wildman–Crippen MR) is 99.3 cm³/mol. The van der Waals surface area contributed by atoms with Gasteiger partial charge in [-0.15, -0.1) is 0 Å². The Hall–Kier alpha value is -2.14. The first kappa shape index (κ1) is 19.2. The molecule has 0 spiro atoms. The van der Waals surface area contributed by atoms with Crippen molar-refractivity contribution in [2.75, 3.05) is 19.9 Å². The number of ether oxygens (including phenoxy) is 1. The third kappa shape index (κ3) is 6.02. The lowest BCUT2D eigenvalue weighted by molar-refractivity contribution is 0.298. The van der Waals surface area contributed by atoms with E-state index in [0.717, 1.165) is 16.9 Å². The molecule has 1 atom stereocenters. The molecule has 25 heavy (non-hydrogen) atoms. The van der Waals surface area contributed by atoms with Crippen LogP contribution in [0.4, 0.5) is 0 Å². The highest BCUT2D eigenvalue weighted by Crippen LogP contribution is 2.41. The number of nitrogen functional groups attached to an aromatic ring is 1. The summed E-state index contributed by atoms with van der Waals surface area (Å²) in [7, 11) is -2.17. The summed E-state index contributed by atoms with van der Waals surface area (Å²) in [5, 5.41) is 7.40. The predicted octanol–water partition coefficient (Wildman–Crippen LogP) is 3.63. The molecule has 0 saturated heterocycles. The van der Waals surface area contributed by atoms with Gasteiger partial charge in [-0.3, -0.25) is 9.97 Å². The summed E-state index contributed by atoms with van der Waals surface area (Å²) < 4.78 is 21.5. The fourth-order valence-corrected chi connectivity index (χ4v) is 3.09. The van der Waals surface area contributed by atoms with Gasteiger partial charge < -0.3 is 19.9 Å². The van der Waals surface area contributed by atoms with Gasteiger partial charge in [0.05, 0.1) is 12.8 Å². The molecule has 0 amide bonds. The highest BCUT2D eigenvalue weighted by atomic mass is 31.2. The zero-order valence-corrected chi connectivity index (χ0v) is 15.0. The molecule has 0 saturated carbocycles. The summed E-state index contributed by atoms with van der Waals surface area (Å²) in [4.78, 5) is 9.30. The number of hydrogen-bond acceptors (Lipinski definition) is 4. The molecule has 4 N–H and O–H groups in total. The van der Waals surface area contributed by atoms with Crippen molar-refractivity contribution in [3.63, 3.8) is 0 Å².